The Hall–Kier alpha value is -0.610. The Morgan fingerprint density at radius 1 is 1.40 bits per heavy atom. The molecule has 4 nitrogen and oxygen atoms in total. The fraction of sp³-hybridized carbons (Fsp3) is 0.909. The maximum Gasteiger partial charge on any atom is 0.237 e. The van der Waals surface area contributed by atoms with Crippen molar-refractivity contribution in [1.82, 2.24) is 10.6 Å². The molecule has 0 spiro atoms. The molecule has 1 saturated carbocycles. The number of nitrogens with one attached hydrogen (secondary N) is 2. The van der Waals surface area contributed by atoms with Crippen molar-refractivity contribution in [3.8, 4) is 0 Å². The lowest BCUT2D eigenvalue weighted by Crippen LogP contribution is -2.44. The molecule has 0 aromatic heterocycles. The first-order valence-electron chi connectivity index (χ1n) is 5.86. The molecule has 0 bridgehead atoms. The summed E-state index contributed by atoms with van der Waals surface area (Å²) < 4.78 is 5.22. The topological polar surface area (TPSA) is 50.4 Å². The minimum atomic E-state index is -0.0458. The summed E-state index contributed by atoms with van der Waals surface area (Å²) in [4.78, 5) is 11.8. The average Bonchev–Trinajstić information content (AvgIpc) is 2.86. The zero-order valence-electron chi connectivity index (χ0n) is 9.29. The molecule has 1 amide bonds. The number of carbonyl (C=O) groups is 1. The second-order valence-electron chi connectivity index (χ2n) is 4.54. The molecule has 1 aliphatic heterocycles. The zero-order chi connectivity index (χ0) is 10.7. The van der Waals surface area contributed by atoms with E-state index in [9.17, 15) is 4.79 Å². The Labute approximate surface area is 90.8 Å². The number of hydrogen-bond donors (Lipinski definition) is 2. The molecule has 2 fully saturated rings. The van der Waals surface area contributed by atoms with E-state index >= 15 is 0 Å². The van der Waals surface area contributed by atoms with Crippen molar-refractivity contribution in [2.45, 2.75) is 50.3 Å². The summed E-state index contributed by atoms with van der Waals surface area (Å²) in [5.74, 6) is 0.154. The van der Waals surface area contributed by atoms with Crippen LogP contribution in [0.4, 0.5) is 0 Å². The molecule has 1 heterocycles. The van der Waals surface area contributed by atoms with Gasteiger partial charge in [0.2, 0.25) is 5.91 Å². The number of hydrogen-bond acceptors (Lipinski definition) is 3. The molecule has 15 heavy (non-hydrogen) atoms. The first-order chi connectivity index (χ1) is 7.29. The van der Waals surface area contributed by atoms with Crippen LogP contribution in [0.3, 0.4) is 0 Å². The predicted octanol–water partition coefficient (Wildman–Crippen LogP) is 0.422. The maximum atomic E-state index is 11.8. The van der Waals surface area contributed by atoms with Crippen LogP contribution in [0.15, 0.2) is 0 Å². The first-order valence-corrected chi connectivity index (χ1v) is 5.86. The van der Waals surface area contributed by atoms with Gasteiger partial charge in [-0.3, -0.25) is 4.79 Å². The molecule has 1 aliphatic carbocycles. The zero-order valence-corrected chi connectivity index (χ0v) is 9.29. The largest absolute Gasteiger partial charge is 0.380 e. The molecule has 2 unspecified atom stereocenters. The van der Waals surface area contributed by atoms with Crippen molar-refractivity contribution in [3.63, 3.8) is 0 Å². The highest BCUT2D eigenvalue weighted by Crippen LogP contribution is 2.18. The number of ether oxygens (including phenoxy) is 1. The van der Waals surface area contributed by atoms with E-state index in [2.05, 4.69) is 10.6 Å². The van der Waals surface area contributed by atoms with Gasteiger partial charge in [0, 0.05) is 19.7 Å². The second kappa shape index (κ2) is 4.94. The fourth-order valence-corrected chi connectivity index (χ4v) is 2.45. The van der Waals surface area contributed by atoms with Gasteiger partial charge >= 0.3 is 0 Å². The molecule has 2 aliphatic rings. The van der Waals surface area contributed by atoms with Crippen LogP contribution in [0.1, 0.15) is 32.1 Å². The second-order valence-corrected chi connectivity index (χ2v) is 4.54. The Morgan fingerprint density at radius 2 is 2.13 bits per heavy atom. The van der Waals surface area contributed by atoms with Crippen LogP contribution >= 0.6 is 0 Å². The molecular formula is C11H20N2O2. The summed E-state index contributed by atoms with van der Waals surface area (Å²) in [5, 5.41) is 6.30. The van der Waals surface area contributed by atoms with Gasteiger partial charge in [0.1, 0.15) is 0 Å². The monoisotopic (exact) mass is 212 g/mol. The van der Waals surface area contributed by atoms with Gasteiger partial charge in [-0.1, -0.05) is 12.8 Å². The van der Waals surface area contributed by atoms with Crippen LogP contribution < -0.4 is 10.6 Å². The molecule has 2 N–H and O–H groups in total. The molecule has 0 aromatic rings. The highest BCUT2D eigenvalue weighted by atomic mass is 16.5. The van der Waals surface area contributed by atoms with E-state index in [1.807, 2.05) is 0 Å². The number of carbonyl (C=O) groups excluding carboxylic acids is 1. The van der Waals surface area contributed by atoms with Gasteiger partial charge in [-0.15, -0.1) is 0 Å². The van der Waals surface area contributed by atoms with Gasteiger partial charge in [0.05, 0.1) is 12.1 Å². The Balaban J connectivity index is 1.76. The van der Waals surface area contributed by atoms with Crippen molar-refractivity contribution >= 4 is 5.91 Å². The van der Waals surface area contributed by atoms with Crippen LogP contribution in [0.5, 0.6) is 0 Å². The highest BCUT2D eigenvalue weighted by molar-refractivity contribution is 5.82. The van der Waals surface area contributed by atoms with E-state index in [-0.39, 0.29) is 18.1 Å². The smallest absolute Gasteiger partial charge is 0.237 e. The number of amides is 1. The molecule has 0 radical (unpaired) electrons. The third-order valence-electron chi connectivity index (χ3n) is 3.44. The number of rotatable bonds is 3. The average molecular weight is 212 g/mol. The van der Waals surface area contributed by atoms with Gasteiger partial charge in [-0.05, 0) is 19.3 Å². The van der Waals surface area contributed by atoms with E-state index in [1.165, 1.54) is 12.8 Å². The third-order valence-corrected chi connectivity index (χ3v) is 3.44. The van der Waals surface area contributed by atoms with E-state index in [1.54, 1.807) is 7.11 Å². The quantitative estimate of drug-likeness (QED) is 0.713. The van der Waals surface area contributed by atoms with E-state index < -0.39 is 0 Å². The SMILES string of the molecule is COC1CNC(C(=O)NC2CCCC2)C1. The number of methoxy groups -OCH3 is 1. The van der Waals surface area contributed by atoms with Gasteiger partial charge in [0.25, 0.3) is 0 Å². The van der Waals surface area contributed by atoms with Gasteiger partial charge in [-0.25, -0.2) is 0 Å². The summed E-state index contributed by atoms with van der Waals surface area (Å²) in [7, 11) is 1.70. The van der Waals surface area contributed by atoms with Gasteiger partial charge < -0.3 is 15.4 Å². The standard InChI is InChI=1S/C11H20N2O2/c1-15-9-6-10(12-7-9)11(14)13-8-4-2-3-5-8/h8-10,12H,2-7H2,1H3,(H,13,14). The van der Waals surface area contributed by atoms with Crippen LogP contribution in [0, 0.1) is 0 Å². The summed E-state index contributed by atoms with van der Waals surface area (Å²) >= 11 is 0. The lowest BCUT2D eigenvalue weighted by atomic mass is 10.1. The van der Waals surface area contributed by atoms with Crippen molar-refractivity contribution in [2.24, 2.45) is 0 Å². The van der Waals surface area contributed by atoms with Crippen LogP contribution in [0.2, 0.25) is 0 Å². The minimum Gasteiger partial charge on any atom is -0.380 e. The predicted molar refractivity (Wildman–Crippen MR) is 57.6 cm³/mol. The van der Waals surface area contributed by atoms with E-state index in [4.69, 9.17) is 4.74 Å². The summed E-state index contributed by atoms with van der Waals surface area (Å²) in [5.41, 5.74) is 0. The van der Waals surface area contributed by atoms with Crippen LogP contribution in [-0.4, -0.2) is 37.7 Å². The van der Waals surface area contributed by atoms with Crippen LogP contribution in [0.25, 0.3) is 0 Å². The molecular weight excluding hydrogens is 192 g/mol. The minimum absolute atomic E-state index is 0.0458. The van der Waals surface area contributed by atoms with Crippen molar-refractivity contribution < 1.29 is 9.53 Å². The highest BCUT2D eigenvalue weighted by Gasteiger charge is 2.30. The summed E-state index contributed by atoms with van der Waals surface area (Å²) in [6.07, 6.45) is 5.80. The Kier molecular flexibility index (Phi) is 3.59. The van der Waals surface area contributed by atoms with Gasteiger partial charge in [0.15, 0.2) is 0 Å². The molecule has 4 heteroatoms. The Bertz CT molecular complexity index is 227. The van der Waals surface area contributed by atoms with E-state index in [0.29, 0.717) is 6.04 Å². The fourth-order valence-electron chi connectivity index (χ4n) is 2.45. The van der Waals surface area contributed by atoms with Crippen molar-refractivity contribution in [3.05, 3.63) is 0 Å². The molecule has 1 saturated heterocycles. The summed E-state index contributed by atoms with van der Waals surface area (Å²) in [6.45, 7) is 0.791. The van der Waals surface area contributed by atoms with Gasteiger partial charge in [-0.2, -0.15) is 0 Å². The van der Waals surface area contributed by atoms with Crippen molar-refractivity contribution in [2.75, 3.05) is 13.7 Å². The van der Waals surface area contributed by atoms with E-state index in [0.717, 1.165) is 25.8 Å². The normalized spacial score (nSPS) is 32.1. The first kappa shape index (κ1) is 10.9. The van der Waals surface area contributed by atoms with Crippen molar-refractivity contribution in [1.29, 1.82) is 0 Å². The lowest BCUT2D eigenvalue weighted by molar-refractivity contribution is -0.123. The molecule has 2 atom stereocenters. The molecule has 2 rings (SSSR count). The molecule has 86 valence electrons. The summed E-state index contributed by atoms with van der Waals surface area (Å²) in [6, 6.07) is 0.372. The molecule has 0 aromatic carbocycles. The third kappa shape index (κ3) is 2.69. The lowest BCUT2D eigenvalue weighted by Gasteiger charge is -2.15. The maximum absolute atomic E-state index is 11.8. The Morgan fingerprint density at radius 3 is 2.73 bits per heavy atom. The van der Waals surface area contributed by atoms with Crippen LogP contribution in [-0.2, 0) is 9.53 Å².